The molecule has 2 aromatic carbocycles. The second-order valence-electron chi connectivity index (χ2n) is 6.15. The minimum atomic E-state index is 0.509. The summed E-state index contributed by atoms with van der Waals surface area (Å²) in [6, 6.07) is 12.8. The van der Waals surface area contributed by atoms with Crippen molar-refractivity contribution in [3.63, 3.8) is 0 Å². The lowest BCUT2D eigenvalue weighted by molar-refractivity contribution is -0.655. The van der Waals surface area contributed by atoms with E-state index in [0.717, 1.165) is 11.6 Å². The molecule has 8 heteroatoms. The van der Waals surface area contributed by atoms with Crippen LogP contribution in [0.1, 0.15) is 13.8 Å². The van der Waals surface area contributed by atoms with Crippen molar-refractivity contribution in [3.8, 4) is 0 Å². The third kappa shape index (κ3) is 9.62. The largest absolute Gasteiger partial charge is 0.399 e. The molecule has 1 aromatic heterocycles. The van der Waals surface area contributed by atoms with Gasteiger partial charge in [-0.05, 0) is 42.5 Å². The molecule has 1 heterocycles. The molecule has 0 aliphatic carbocycles. The quantitative estimate of drug-likeness (QED) is 0.356. The Bertz CT molecular complexity index is 823. The third-order valence-corrected chi connectivity index (χ3v) is 4.00. The van der Waals surface area contributed by atoms with Gasteiger partial charge >= 0.3 is 5.95 Å². The van der Waals surface area contributed by atoms with Gasteiger partial charge in [-0.25, -0.2) is 9.13 Å². The summed E-state index contributed by atoms with van der Waals surface area (Å²) in [5.74, 6) is 0.769. The predicted octanol–water partition coefficient (Wildman–Crippen LogP) is 3.30. The summed E-state index contributed by atoms with van der Waals surface area (Å²) in [6.07, 6.45) is 3.82. The van der Waals surface area contributed by atoms with E-state index in [-0.39, 0.29) is 0 Å². The first kappa shape index (κ1) is 25.9. The van der Waals surface area contributed by atoms with Gasteiger partial charge in [0.15, 0.2) is 0 Å². The molecule has 0 fully saturated rings. The first-order chi connectivity index (χ1) is 13.6. The Labute approximate surface area is 179 Å². The van der Waals surface area contributed by atoms with Crippen LogP contribution in [0.3, 0.4) is 0 Å². The van der Waals surface area contributed by atoms with Crippen LogP contribution in [0.15, 0.2) is 54.9 Å². The Balaban J connectivity index is 0.000000390. The lowest BCUT2D eigenvalue weighted by atomic mass is 10.3. The predicted molar refractivity (Wildman–Crippen MR) is 128 cm³/mol. The second kappa shape index (κ2) is 13.2. The van der Waals surface area contributed by atoms with Gasteiger partial charge in [0, 0.05) is 31.2 Å². The number of aryl methyl sites for hydroxylation is 2. The van der Waals surface area contributed by atoms with Crippen LogP contribution in [-0.2, 0) is 14.1 Å². The smallest absolute Gasteiger partial charge is 0.354 e. The van der Waals surface area contributed by atoms with Gasteiger partial charge in [-0.1, -0.05) is 25.4 Å². The fraction of sp³-hybridized carbons (Fsp3) is 0.286. The number of nitrogens with zero attached hydrogens (tertiary/aromatic N) is 3. The van der Waals surface area contributed by atoms with Crippen LogP contribution in [0.5, 0.6) is 0 Å². The normalized spacial score (nSPS) is 9.07. The zero-order chi connectivity index (χ0) is 22.6. The monoisotopic (exact) mass is 420 g/mol. The summed E-state index contributed by atoms with van der Waals surface area (Å²) in [5, 5.41) is 0.509. The number of nitrogen functional groups attached to an aromatic ring is 4. The lowest BCUT2D eigenvalue weighted by Crippen LogP contribution is -2.29. The number of benzene rings is 2. The maximum atomic E-state index is 5.61. The van der Waals surface area contributed by atoms with E-state index >= 15 is 0 Å². The highest BCUT2D eigenvalue weighted by atomic mass is 35.5. The van der Waals surface area contributed by atoms with Gasteiger partial charge in [-0.2, -0.15) is 0 Å². The molecule has 0 aliphatic rings. The summed E-state index contributed by atoms with van der Waals surface area (Å²) >= 11 is 5.61. The molecule has 0 saturated heterocycles. The van der Waals surface area contributed by atoms with Crippen molar-refractivity contribution in [1.82, 2.24) is 4.57 Å². The van der Waals surface area contributed by atoms with Gasteiger partial charge in [0.2, 0.25) is 0 Å². The minimum absolute atomic E-state index is 0.509. The molecule has 0 bridgehead atoms. The lowest BCUT2D eigenvalue weighted by Gasteiger charge is -2.11. The van der Waals surface area contributed by atoms with Crippen LogP contribution in [0.2, 0.25) is 5.02 Å². The molecule has 160 valence electrons. The number of imidazole rings is 1. The summed E-state index contributed by atoms with van der Waals surface area (Å²) in [5.41, 5.74) is 25.0. The molecule has 3 aromatic rings. The molecule has 0 aliphatic heterocycles. The van der Waals surface area contributed by atoms with Crippen molar-refractivity contribution >= 4 is 40.3 Å². The number of halogens is 1. The highest BCUT2D eigenvalue weighted by molar-refractivity contribution is 6.33. The zero-order valence-corrected chi connectivity index (χ0v) is 19.0. The summed E-state index contributed by atoms with van der Waals surface area (Å²) < 4.78 is 3.72. The zero-order valence-electron chi connectivity index (χ0n) is 18.2. The first-order valence-electron chi connectivity index (χ1n) is 9.21. The highest BCUT2D eigenvalue weighted by Gasteiger charge is 2.00. The van der Waals surface area contributed by atoms with Crippen LogP contribution in [0.4, 0.5) is 28.7 Å². The van der Waals surface area contributed by atoms with Crippen molar-refractivity contribution in [2.45, 2.75) is 13.8 Å². The van der Waals surface area contributed by atoms with E-state index in [0.29, 0.717) is 16.4 Å². The van der Waals surface area contributed by atoms with Crippen molar-refractivity contribution in [3.05, 3.63) is 59.9 Å². The third-order valence-electron chi connectivity index (χ3n) is 3.67. The Hall–Kier alpha value is -3.06. The number of anilines is 5. The van der Waals surface area contributed by atoms with Crippen molar-refractivity contribution in [1.29, 1.82) is 0 Å². The van der Waals surface area contributed by atoms with Crippen molar-refractivity contribution < 1.29 is 4.57 Å². The van der Waals surface area contributed by atoms with Gasteiger partial charge in [0.05, 0.1) is 37.2 Å². The molecular weight excluding hydrogens is 386 g/mol. The second-order valence-corrected chi connectivity index (χ2v) is 6.55. The number of nitrogens with two attached hydrogens (primary N) is 4. The van der Waals surface area contributed by atoms with E-state index in [1.807, 2.05) is 92.7 Å². The van der Waals surface area contributed by atoms with Crippen LogP contribution in [-0.4, -0.2) is 18.7 Å². The van der Waals surface area contributed by atoms with Gasteiger partial charge in [0.25, 0.3) is 0 Å². The van der Waals surface area contributed by atoms with Crippen LogP contribution < -0.4 is 32.4 Å². The topological polar surface area (TPSA) is 116 Å². The molecule has 0 atom stereocenters. The minimum Gasteiger partial charge on any atom is -0.399 e. The number of rotatable bonds is 1. The highest BCUT2D eigenvalue weighted by Crippen LogP contribution is 2.20. The number of hydrogen-bond acceptors (Lipinski definition) is 5. The molecule has 3 rings (SSSR count). The molecule has 0 spiro atoms. The average molecular weight is 421 g/mol. The van der Waals surface area contributed by atoms with E-state index < -0.39 is 0 Å². The van der Waals surface area contributed by atoms with E-state index in [4.69, 9.17) is 34.5 Å². The Kier molecular flexibility index (Phi) is 11.8. The molecule has 7 nitrogen and oxygen atoms in total. The van der Waals surface area contributed by atoms with Crippen LogP contribution in [0, 0.1) is 0 Å². The maximum Gasteiger partial charge on any atom is 0.354 e. The number of hydrogen-bond donors (Lipinski definition) is 4. The summed E-state index contributed by atoms with van der Waals surface area (Å²) in [7, 11) is 7.84. The Morgan fingerprint density at radius 1 is 0.897 bits per heavy atom. The molecule has 0 radical (unpaired) electrons. The molecular formula is C21H35ClN7+. The maximum absolute atomic E-state index is 5.61. The molecule has 29 heavy (non-hydrogen) atoms. The van der Waals surface area contributed by atoms with E-state index in [9.17, 15) is 0 Å². The Morgan fingerprint density at radius 3 is 1.72 bits per heavy atom. The molecule has 8 N–H and O–H groups in total. The van der Waals surface area contributed by atoms with Gasteiger partial charge in [-0.3, -0.25) is 5.73 Å². The molecule has 0 amide bonds. The fourth-order valence-corrected chi connectivity index (χ4v) is 2.11. The Morgan fingerprint density at radius 2 is 1.41 bits per heavy atom. The van der Waals surface area contributed by atoms with Crippen LogP contribution in [0.25, 0.3) is 0 Å². The SMILES string of the molecule is CC.CN(C)c1ccc(N)cc1.Cn1cc[n+](C)c1N.Nc1ccc(N)c(Cl)c1. The van der Waals surface area contributed by atoms with Crippen molar-refractivity contribution in [2.24, 2.45) is 14.1 Å². The number of aromatic nitrogens is 2. The van der Waals surface area contributed by atoms with Gasteiger partial charge in [-0.15, -0.1) is 0 Å². The van der Waals surface area contributed by atoms with E-state index in [2.05, 4.69) is 0 Å². The average Bonchev–Trinajstić information content (AvgIpc) is 2.99. The standard InChI is InChI=1S/C8H12N2.C6H7ClN2.C5H9N3.C2H6/c1-10(2)8-5-3-7(9)4-6-8;7-5-3-4(8)1-2-6(5)9;1-7-3-4-8(2)5(7)6;1-2/h3-6H,9H2,1-2H3;1-3H,8-9H2;3-4,6H,1-2H3;1-2H3/p+1. The van der Waals surface area contributed by atoms with Gasteiger partial charge in [0.1, 0.15) is 0 Å². The van der Waals surface area contributed by atoms with E-state index in [1.165, 1.54) is 5.69 Å². The molecule has 0 saturated carbocycles. The molecule has 0 unspecified atom stereocenters. The van der Waals surface area contributed by atoms with Crippen LogP contribution >= 0.6 is 11.6 Å². The first-order valence-corrected chi connectivity index (χ1v) is 9.59. The fourth-order valence-electron chi connectivity index (χ4n) is 1.92. The van der Waals surface area contributed by atoms with E-state index in [1.54, 1.807) is 18.2 Å². The summed E-state index contributed by atoms with van der Waals surface area (Å²) in [6.45, 7) is 4.00. The summed E-state index contributed by atoms with van der Waals surface area (Å²) in [4.78, 5) is 2.04. The van der Waals surface area contributed by atoms with Gasteiger partial charge < -0.3 is 22.1 Å². The van der Waals surface area contributed by atoms with Crippen molar-refractivity contribution in [2.75, 3.05) is 41.9 Å².